The van der Waals surface area contributed by atoms with E-state index in [9.17, 15) is 0 Å². The summed E-state index contributed by atoms with van der Waals surface area (Å²) in [5.41, 5.74) is 7.85. The van der Waals surface area contributed by atoms with Crippen LogP contribution in [0.5, 0.6) is 0 Å². The summed E-state index contributed by atoms with van der Waals surface area (Å²) < 4.78 is 0. The molecule has 4 N–H and O–H groups in total. The number of β-amino-alcohol motifs (C(OH)–C–C–N with tert-alkyl or cyclic N) is 1. The topological polar surface area (TPSA) is 77.1 Å². The van der Waals surface area contributed by atoms with Crippen LogP contribution in [0.4, 0.5) is 11.4 Å². The first kappa shape index (κ1) is 19.0. The Balaban J connectivity index is 1.87. The molecule has 0 amide bonds. The van der Waals surface area contributed by atoms with E-state index in [1.165, 1.54) is 17.4 Å². The molecule has 2 rings (SSSR count). The lowest BCUT2D eigenvalue weighted by molar-refractivity contribution is 0.189. The lowest BCUT2D eigenvalue weighted by atomic mass is 10.2. The van der Waals surface area contributed by atoms with Crippen molar-refractivity contribution in [1.82, 2.24) is 4.90 Å². The third kappa shape index (κ3) is 5.94. The van der Waals surface area contributed by atoms with Crippen molar-refractivity contribution in [3.63, 3.8) is 0 Å². The fourth-order valence-electron chi connectivity index (χ4n) is 2.56. The van der Waals surface area contributed by atoms with Gasteiger partial charge >= 0.3 is 0 Å². The van der Waals surface area contributed by atoms with Gasteiger partial charge in [0.25, 0.3) is 0 Å². The van der Waals surface area contributed by atoms with Crippen LogP contribution in [-0.4, -0.2) is 65.4 Å². The Bertz CT molecular complexity index is 556. The second kappa shape index (κ2) is 9.83. The van der Waals surface area contributed by atoms with Crippen LogP contribution < -0.4 is 16.0 Å². The maximum Gasteiger partial charge on any atom is 0.199 e. The maximum atomic E-state index is 9.00. The molecule has 0 radical (unpaired) electrons. The number of nitrogens with two attached hydrogens (primary N) is 1. The summed E-state index contributed by atoms with van der Waals surface area (Å²) in [7, 11) is 0. The van der Waals surface area contributed by atoms with Gasteiger partial charge in [0.2, 0.25) is 0 Å². The Morgan fingerprint density at radius 2 is 1.96 bits per heavy atom. The van der Waals surface area contributed by atoms with Gasteiger partial charge in [-0.3, -0.25) is 4.90 Å². The second-order valence-corrected chi connectivity index (χ2v) is 7.08. The molecule has 132 valence electrons. The van der Waals surface area contributed by atoms with Crippen molar-refractivity contribution in [3.05, 3.63) is 24.3 Å². The fourth-order valence-corrected chi connectivity index (χ4v) is 3.28. The molecule has 0 bridgehead atoms. The smallest absolute Gasteiger partial charge is 0.199 e. The molecule has 0 unspecified atom stereocenters. The highest BCUT2D eigenvalue weighted by molar-refractivity contribution is 8.13. The third-order valence-electron chi connectivity index (χ3n) is 3.78. The average Bonchev–Trinajstić information content (AvgIpc) is 2.57. The quantitative estimate of drug-likeness (QED) is 0.414. The van der Waals surface area contributed by atoms with E-state index in [1.807, 2.05) is 19.1 Å². The van der Waals surface area contributed by atoms with E-state index in [-0.39, 0.29) is 6.61 Å². The minimum absolute atomic E-state index is 0.226. The highest BCUT2D eigenvalue weighted by Crippen LogP contribution is 2.19. The van der Waals surface area contributed by atoms with Crippen LogP contribution >= 0.6 is 24.0 Å². The Morgan fingerprint density at radius 1 is 1.29 bits per heavy atom. The van der Waals surface area contributed by atoms with E-state index in [1.54, 1.807) is 0 Å². The van der Waals surface area contributed by atoms with Crippen molar-refractivity contribution in [2.75, 3.05) is 55.3 Å². The van der Waals surface area contributed by atoms with Crippen molar-refractivity contribution in [1.29, 1.82) is 0 Å². The van der Waals surface area contributed by atoms with Crippen molar-refractivity contribution in [2.45, 2.75) is 6.92 Å². The fraction of sp³-hybridized carbons (Fsp3) is 0.500. The summed E-state index contributed by atoms with van der Waals surface area (Å²) >= 11 is 6.66. The first-order valence-corrected chi connectivity index (χ1v) is 9.48. The van der Waals surface area contributed by atoms with Crippen molar-refractivity contribution in [3.8, 4) is 0 Å². The van der Waals surface area contributed by atoms with Crippen LogP contribution in [0.3, 0.4) is 0 Å². The van der Waals surface area contributed by atoms with Gasteiger partial charge in [-0.05, 0) is 42.2 Å². The Kier molecular flexibility index (Phi) is 7.77. The summed E-state index contributed by atoms with van der Waals surface area (Å²) in [5.74, 6) is 0.873. The molecule has 1 aromatic rings. The monoisotopic (exact) mass is 367 g/mol. The number of hydrogen-bond donors (Lipinski definition) is 3. The molecule has 1 heterocycles. The predicted molar refractivity (Wildman–Crippen MR) is 108 cm³/mol. The summed E-state index contributed by atoms with van der Waals surface area (Å²) in [6.45, 7) is 6.91. The molecule has 0 spiro atoms. The summed E-state index contributed by atoms with van der Waals surface area (Å²) in [4.78, 5) is 8.77. The van der Waals surface area contributed by atoms with E-state index in [0.717, 1.165) is 44.2 Å². The molecule has 24 heavy (non-hydrogen) atoms. The second-order valence-electron chi connectivity index (χ2n) is 5.41. The summed E-state index contributed by atoms with van der Waals surface area (Å²) in [6, 6.07) is 8.17. The van der Waals surface area contributed by atoms with Crippen LogP contribution in [0.2, 0.25) is 0 Å². The molecular formula is C16H25N5OS2. The van der Waals surface area contributed by atoms with Gasteiger partial charge in [0.1, 0.15) is 0 Å². The van der Waals surface area contributed by atoms with Gasteiger partial charge < -0.3 is 21.1 Å². The molecular weight excluding hydrogens is 342 g/mol. The van der Waals surface area contributed by atoms with Gasteiger partial charge in [0, 0.05) is 44.1 Å². The van der Waals surface area contributed by atoms with E-state index in [0.29, 0.717) is 10.3 Å². The Hall–Kier alpha value is -1.35. The normalized spacial score (nSPS) is 16.2. The largest absolute Gasteiger partial charge is 0.395 e. The highest BCUT2D eigenvalue weighted by Gasteiger charge is 2.16. The minimum Gasteiger partial charge on any atom is -0.395 e. The van der Waals surface area contributed by atoms with Gasteiger partial charge in [0.05, 0.1) is 6.61 Å². The van der Waals surface area contributed by atoms with E-state index >= 15 is 0 Å². The number of thiocarbonyl (C=S) groups is 1. The zero-order chi connectivity index (χ0) is 17.4. The maximum absolute atomic E-state index is 9.00. The van der Waals surface area contributed by atoms with Crippen LogP contribution in [0, 0.1) is 0 Å². The third-order valence-corrected chi connectivity index (χ3v) is 4.65. The molecule has 1 aromatic carbocycles. The van der Waals surface area contributed by atoms with Crippen molar-refractivity contribution in [2.24, 2.45) is 10.7 Å². The van der Waals surface area contributed by atoms with E-state index < -0.39 is 0 Å². The molecule has 0 atom stereocenters. The number of aliphatic hydroxyl groups is 1. The van der Waals surface area contributed by atoms with Crippen LogP contribution in [0.1, 0.15) is 6.92 Å². The average molecular weight is 368 g/mol. The zero-order valence-electron chi connectivity index (χ0n) is 13.9. The number of piperazine rings is 1. The number of aliphatic imine (C=N–C) groups is 1. The van der Waals surface area contributed by atoms with Crippen LogP contribution in [-0.2, 0) is 0 Å². The van der Waals surface area contributed by atoms with Crippen LogP contribution in [0.25, 0.3) is 0 Å². The number of anilines is 2. The molecule has 6 nitrogen and oxygen atoms in total. The summed E-state index contributed by atoms with van der Waals surface area (Å²) in [6.07, 6.45) is 0. The minimum atomic E-state index is 0.226. The number of rotatable bonds is 5. The van der Waals surface area contributed by atoms with Gasteiger partial charge in [-0.15, -0.1) is 0 Å². The van der Waals surface area contributed by atoms with Crippen molar-refractivity contribution >= 4 is 45.6 Å². The molecule has 0 aliphatic carbocycles. The number of benzene rings is 1. The molecule has 8 heteroatoms. The number of aliphatic hydroxyl groups excluding tert-OH is 1. The predicted octanol–water partition coefficient (Wildman–Crippen LogP) is 1.57. The Morgan fingerprint density at radius 3 is 2.54 bits per heavy atom. The molecule has 1 saturated heterocycles. The van der Waals surface area contributed by atoms with E-state index in [2.05, 4.69) is 32.2 Å². The zero-order valence-corrected chi connectivity index (χ0v) is 15.6. The lowest BCUT2D eigenvalue weighted by Crippen LogP contribution is -2.47. The molecule has 0 aromatic heterocycles. The molecule has 1 fully saturated rings. The van der Waals surface area contributed by atoms with E-state index in [4.69, 9.17) is 23.1 Å². The Labute approximate surface area is 153 Å². The first-order valence-electron chi connectivity index (χ1n) is 8.08. The van der Waals surface area contributed by atoms with Gasteiger partial charge in [-0.2, -0.15) is 4.99 Å². The molecule has 1 aliphatic heterocycles. The number of nitrogens with one attached hydrogen (secondary N) is 1. The number of nitrogens with zero attached hydrogens (tertiary/aromatic N) is 3. The van der Waals surface area contributed by atoms with Crippen molar-refractivity contribution < 1.29 is 5.11 Å². The first-order chi connectivity index (χ1) is 11.6. The van der Waals surface area contributed by atoms with Crippen LogP contribution in [0.15, 0.2) is 29.3 Å². The number of thioether (sulfide) groups is 1. The van der Waals surface area contributed by atoms with Gasteiger partial charge in [0.15, 0.2) is 10.3 Å². The summed E-state index contributed by atoms with van der Waals surface area (Å²) in [5, 5.41) is 12.9. The molecule has 0 saturated carbocycles. The number of hydrogen-bond acceptors (Lipinski definition) is 5. The standard InChI is InChI=1S/C16H25N5OS2/c1-2-24-15(17)19-16(23)18-13-3-5-14(6-4-13)21-9-7-20(8-10-21)11-12-22/h3-6,22H,2,7-12H2,1H3,(H3,17,18,19,23). The highest BCUT2D eigenvalue weighted by atomic mass is 32.2. The molecule has 1 aliphatic rings. The van der Waals surface area contributed by atoms with Gasteiger partial charge in [-0.1, -0.05) is 18.7 Å². The van der Waals surface area contributed by atoms with Gasteiger partial charge in [-0.25, -0.2) is 0 Å². The lowest BCUT2D eigenvalue weighted by Gasteiger charge is -2.35. The SMILES string of the molecule is CCS/C(N)=N/C(=S)Nc1ccc(N2CCN(CCO)CC2)cc1. The number of amidine groups is 1.